The normalized spacial score (nSPS) is 15.0. The number of carboxylic acid groups (broad SMARTS) is 1. The number of ether oxygens (including phenoxy) is 1. The third-order valence-electron chi connectivity index (χ3n) is 4.20. The number of hydrogen-bond acceptors (Lipinski definition) is 5. The molecule has 3 rings (SSSR count). The van der Waals surface area contributed by atoms with Crippen LogP contribution in [0.15, 0.2) is 47.6 Å². The minimum absolute atomic E-state index is 0.206. The van der Waals surface area contributed by atoms with Crippen molar-refractivity contribution in [1.82, 2.24) is 0 Å². The Morgan fingerprint density at radius 3 is 2.42 bits per heavy atom. The van der Waals surface area contributed by atoms with Gasteiger partial charge in [-0.3, -0.25) is 5.43 Å². The van der Waals surface area contributed by atoms with Crippen molar-refractivity contribution in [3.05, 3.63) is 59.4 Å². The van der Waals surface area contributed by atoms with Crippen LogP contribution in [-0.4, -0.2) is 43.1 Å². The van der Waals surface area contributed by atoms with Crippen molar-refractivity contribution in [2.24, 2.45) is 5.10 Å². The molecule has 6 nitrogen and oxygen atoms in total. The first-order valence-electron chi connectivity index (χ1n) is 8.31. The highest BCUT2D eigenvalue weighted by Crippen LogP contribution is 2.22. The van der Waals surface area contributed by atoms with Gasteiger partial charge in [0, 0.05) is 18.7 Å². The molecule has 0 aromatic heterocycles. The maximum atomic E-state index is 14.5. The molecule has 0 bridgehead atoms. The van der Waals surface area contributed by atoms with Gasteiger partial charge in [-0.2, -0.15) is 5.10 Å². The van der Waals surface area contributed by atoms with Gasteiger partial charge in [-0.05, 0) is 43.3 Å². The molecule has 26 heavy (non-hydrogen) atoms. The van der Waals surface area contributed by atoms with E-state index in [1.165, 1.54) is 18.2 Å². The van der Waals surface area contributed by atoms with Gasteiger partial charge in [-0.15, -0.1) is 0 Å². The Labute approximate surface area is 150 Å². The highest BCUT2D eigenvalue weighted by atomic mass is 19.1. The number of hydrogen-bond donors (Lipinski definition) is 2. The van der Waals surface area contributed by atoms with Gasteiger partial charge < -0.3 is 14.7 Å². The third kappa shape index (κ3) is 4.18. The van der Waals surface area contributed by atoms with Crippen LogP contribution in [0.25, 0.3) is 0 Å². The Bertz CT molecular complexity index is 815. The maximum Gasteiger partial charge on any atom is 0.335 e. The Balaban J connectivity index is 1.70. The second-order valence-corrected chi connectivity index (χ2v) is 5.96. The van der Waals surface area contributed by atoms with E-state index in [0.717, 1.165) is 0 Å². The van der Waals surface area contributed by atoms with E-state index in [0.29, 0.717) is 49.0 Å². The van der Waals surface area contributed by atoms with Crippen LogP contribution in [0.2, 0.25) is 0 Å². The molecule has 1 fully saturated rings. The average Bonchev–Trinajstić information content (AvgIpc) is 2.67. The predicted molar refractivity (Wildman–Crippen MR) is 98.7 cm³/mol. The molecule has 0 unspecified atom stereocenters. The molecule has 2 aromatic carbocycles. The molecule has 0 saturated carbocycles. The summed E-state index contributed by atoms with van der Waals surface area (Å²) < 4.78 is 19.8. The second kappa shape index (κ2) is 7.97. The van der Waals surface area contributed by atoms with Crippen LogP contribution in [-0.2, 0) is 4.74 Å². The molecule has 2 aromatic rings. The largest absolute Gasteiger partial charge is 0.478 e. The number of rotatable bonds is 5. The number of aromatic carboxylic acids is 1. The summed E-state index contributed by atoms with van der Waals surface area (Å²) in [6.07, 6.45) is 0. The summed E-state index contributed by atoms with van der Waals surface area (Å²) in [6, 6.07) is 11.3. The van der Waals surface area contributed by atoms with Crippen LogP contribution >= 0.6 is 0 Å². The third-order valence-corrected chi connectivity index (χ3v) is 4.20. The molecule has 0 radical (unpaired) electrons. The van der Waals surface area contributed by atoms with Crippen LogP contribution in [0.5, 0.6) is 0 Å². The van der Waals surface area contributed by atoms with Crippen molar-refractivity contribution in [2.45, 2.75) is 6.92 Å². The number of hydrazone groups is 1. The van der Waals surface area contributed by atoms with Crippen LogP contribution in [0.3, 0.4) is 0 Å². The van der Waals surface area contributed by atoms with Crippen LogP contribution in [0.1, 0.15) is 22.8 Å². The number of halogens is 1. The quantitative estimate of drug-likeness (QED) is 0.635. The smallest absolute Gasteiger partial charge is 0.335 e. The number of morpholine rings is 1. The molecular weight excluding hydrogens is 337 g/mol. The molecule has 2 N–H and O–H groups in total. The van der Waals surface area contributed by atoms with Gasteiger partial charge in [0.15, 0.2) is 0 Å². The van der Waals surface area contributed by atoms with E-state index in [2.05, 4.69) is 10.5 Å². The van der Waals surface area contributed by atoms with E-state index in [4.69, 9.17) is 9.84 Å². The van der Waals surface area contributed by atoms with E-state index in [9.17, 15) is 9.18 Å². The zero-order chi connectivity index (χ0) is 18.5. The van der Waals surface area contributed by atoms with E-state index in [1.54, 1.807) is 25.1 Å². The van der Waals surface area contributed by atoms with Crippen LogP contribution in [0.4, 0.5) is 15.8 Å². The van der Waals surface area contributed by atoms with Crippen molar-refractivity contribution >= 4 is 23.1 Å². The first-order chi connectivity index (χ1) is 12.5. The summed E-state index contributed by atoms with van der Waals surface area (Å²) in [5.74, 6) is -1.27. The fraction of sp³-hybridized carbons (Fsp3) is 0.263. The lowest BCUT2D eigenvalue weighted by atomic mass is 10.1. The second-order valence-electron chi connectivity index (χ2n) is 5.96. The maximum absolute atomic E-state index is 14.5. The zero-order valence-electron chi connectivity index (χ0n) is 14.4. The summed E-state index contributed by atoms with van der Waals surface area (Å²) in [5.41, 5.74) is 5.58. The molecule has 136 valence electrons. The Morgan fingerprint density at radius 1 is 1.15 bits per heavy atom. The highest BCUT2D eigenvalue weighted by molar-refractivity contribution is 5.99. The van der Waals surface area contributed by atoms with Crippen molar-refractivity contribution < 1.29 is 19.0 Å². The molecule has 1 aliphatic rings. The van der Waals surface area contributed by atoms with E-state index in [-0.39, 0.29) is 11.4 Å². The minimum Gasteiger partial charge on any atom is -0.478 e. The lowest BCUT2D eigenvalue weighted by molar-refractivity contribution is 0.0697. The van der Waals surface area contributed by atoms with Crippen molar-refractivity contribution in [1.29, 1.82) is 0 Å². The fourth-order valence-electron chi connectivity index (χ4n) is 2.69. The van der Waals surface area contributed by atoms with Gasteiger partial charge in [0.2, 0.25) is 0 Å². The summed E-state index contributed by atoms with van der Waals surface area (Å²) >= 11 is 0. The van der Waals surface area contributed by atoms with Crippen molar-refractivity contribution in [3.8, 4) is 0 Å². The van der Waals surface area contributed by atoms with Gasteiger partial charge in [0.25, 0.3) is 0 Å². The van der Waals surface area contributed by atoms with Gasteiger partial charge in [0.1, 0.15) is 5.82 Å². The summed E-state index contributed by atoms with van der Waals surface area (Å²) in [7, 11) is 0. The Hall–Kier alpha value is -2.93. The van der Waals surface area contributed by atoms with Crippen molar-refractivity contribution in [2.75, 3.05) is 36.6 Å². The molecule has 0 atom stereocenters. The van der Waals surface area contributed by atoms with Crippen LogP contribution < -0.4 is 10.3 Å². The SMILES string of the molecule is C/C(=N/Nc1ccc(C(=O)O)cc1)c1ccc(N2CCOCC2)c(F)c1. The standard InChI is InChI=1S/C19H20FN3O3/c1-13(21-22-16-5-2-14(3-6-16)19(24)25)15-4-7-18(17(20)12-15)23-8-10-26-11-9-23/h2-7,12,22H,8-11H2,1H3,(H,24,25)/b21-13-. The predicted octanol–water partition coefficient (Wildman–Crippen LogP) is 3.20. The first-order valence-corrected chi connectivity index (χ1v) is 8.31. The number of nitrogens with zero attached hydrogens (tertiary/aromatic N) is 2. The Kier molecular flexibility index (Phi) is 5.48. The summed E-state index contributed by atoms with van der Waals surface area (Å²) in [4.78, 5) is 12.8. The van der Waals surface area contributed by atoms with E-state index in [1.807, 2.05) is 11.0 Å². The lowest BCUT2D eigenvalue weighted by Gasteiger charge is -2.29. The van der Waals surface area contributed by atoms with E-state index >= 15 is 0 Å². The highest BCUT2D eigenvalue weighted by Gasteiger charge is 2.15. The number of anilines is 2. The molecule has 1 heterocycles. The van der Waals surface area contributed by atoms with Crippen LogP contribution in [0, 0.1) is 5.82 Å². The molecule has 0 aliphatic carbocycles. The number of carboxylic acids is 1. The van der Waals surface area contributed by atoms with Gasteiger partial charge in [0.05, 0.1) is 35.9 Å². The molecule has 0 amide bonds. The number of nitrogens with one attached hydrogen (secondary N) is 1. The van der Waals surface area contributed by atoms with Crippen molar-refractivity contribution in [3.63, 3.8) is 0 Å². The summed E-state index contributed by atoms with van der Waals surface area (Å²) in [6.45, 7) is 4.34. The molecule has 1 saturated heterocycles. The van der Waals surface area contributed by atoms with Gasteiger partial charge >= 0.3 is 5.97 Å². The minimum atomic E-state index is -0.980. The number of benzene rings is 2. The zero-order valence-corrected chi connectivity index (χ0v) is 14.4. The fourth-order valence-corrected chi connectivity index (χ4v) is 2.69. The molecule has 7 heteroatoms. The van der Waals surface area contributed by atoms with Gasteiger partial charge in [-0.1, -0.05) is 6.07 Å². The molecule has 1 aliphatic heterocycles. The average molecular weight is 357 g/mol. The summed E-state index contributed by atoms with van der Waals surface area (Å²) in [5, 5.41) is 13.1. The molecule has 0 spiro atoms. The molecular formula is C19H20FN3O3. The monoisotopic (exact) mass is 357 g/mol. The number of carbonyl (C=O) groups is 1. The Morgan fingerprint density at radius 2 is 1.81 bits per heavy atom. The van der Waals surface area contributed by atoms with E-state index < -0.39 is 5.97 Å². The van der Waals surface area contributed by atoms with Gasteiger partial charge in [-0.25, -0.2) is 9.18 Å². The topological polar surface area (TPSA) is 74.2 Å². The lowest BCUT2D eigenvalue weighted by Crippen LogP contribution is -2.36. The first kappa shape index (κ1) is 17.9.